The topological polar surface area (TPSA) is 58.8 Å². The molecule has 3 unspecified atom stereocenters. The molecular weight excluding hydrogens is 338 g/mol. The number of rotatable bonds is 10. The molecule has 27 heavy (non-hydrogen) atoms. The molecule has 1 aromatic rings. The van der Waals surface area contributed by atoms with Crippen LogP contribution in [0.15, 0.2) is 27.8 Å². The first-order chi connectivity index (χ1) is 13.3. The second-order valence-corrected chi connectivity index (χ2v) is 8.79. The minimum absolute atomic E-state index is 0.388. The van der Waals surface area contributed by atoms with Crippen molar-refractivity contribution in [3.8, 4) is 0 Å². The number of ether oxygens (including phenoxy) is 1. The van der Waals surface area contributed by atoms with Gasteiger partial charge >= 0.3 is 0 Å². The highest BCUT2D eigenvalue weighted by atomic mass is 16.5. The van der Waals surface area contributed by atoms with Crippen molar-refractivity contribution < 1.29 is 9.15 Å². The first kappa shape index (κ1) is 18.9. The Morgan fingerprint density at radius 3 is 2.93 bits per heavy atom. The number of nitrogens with one attached hydrogen (secondary N) is 2. The summed E-state index contributed by atoms with van der Waals surface area (Å²) >= 11 is 0. The van der Waals surface area contributed by atoms with Crippen LogP contribution in [0.25, 0.3) is 0 Å². The summed E-state index contributed by atoms with van der Waals surface area (Å²) in [5.74, 6) is 3.82. The Morgan fingerprint density at radius 1 is 1.33 bits per heavy atom. The van der Waals surface area contributed by atoms with E-state index in [1.165, 1.54) is 38.5 Å². The number of nitrogens with zero attached hydrogens (tertiary/aromatic N) is 1. The van der Waals surface area contributed by atoms with Crippen LogP contribution in [0.3, 0.4) is 0 Å². The number of fused-ring (bicyclic) bond motifs is 2. The van der Waals surface area contributed by atoms with Crippen molar-refractivity contribution in [3.05, 3.63) is 24.2 Å². The van der Waals surface area contributed by atoms with E-state index in [-0.39, 0.29) is 0 Å². The molecule has 0 spiro atoms. The fourth-order valence-electron chi connectivity index (χ4n) is 4.85. The third kappa shape index (κ3) is 5.07. The maximum Gasteiger partial charge on any atom is 0.191 e. The van der Waals surface area contributed by atoms with Gasteiger partial charge in [0.25, 0.3) is 0 Å². The fourth-order valence-corrected chi connectivity index (χ4v) is 4.85. The molecule has 3 saturated carbocycles. The van der Waals surface area contributed by atoms with Crippen molar-refractivity contribution in [2.75, 3.05) is 26.3 Å². The van der Waals surface area contributed by atoms with Crippen LogP contribution in [0.5, 0.6) is 0 Å². The lowest BCUT2D eigenvalue weighted by Crippen LogP contribution is -2.46. The molecule has 0 saturated heterocycles. The van der Waals surface area contributed by atoms with Gasteiger partial charge in [-0.3, -0.25) is 4.99 Å². The van der Waals surface area contributed by atoms with Gasteiger partial charge in [0.1, 0.15) is 5.76 Å². The van der Waals surface area contributed by atoms with Crippen molar-refractivity contribution >= 4 is 5.96 Å². The third-order valence-electron chi connectivity index (χ3n) is 6.81. The quantitative estimate of drug-likeness (QED) is 0.372. The highest BCUT2D eigenvalue weighted by Gasteiger charge is 2.42. The van der Waals surface area contributed by atoms with Gasteiger partial charge in [-0.05, 0) is 74.8 Å². The zero-order chi connectivity index (χ0) is 18.5. The van der Waals surface area contributed by atoms with Gasteiger partial charge in [0.15, 0.2) is 5.96 Å². The lowest BCUT2D eigenvalue weighted by atomic mass is 9.95. The number of hydrogen-bond donors (Lipinski definition) is 2. The average molecular weight is 374 g/mol. The maximum atomic E-state index is 5.57. The predicted octanol–water partition coefficient (Wildman–Crippen LogP) is 3.75. The van der Waals surface area contributed by atoms with Gasteiger partial charge in [-0.15, -0.1) is 0 Å². The molecule has 5 heteroatoms. The van der Waals surface area contributed by atoms with E-state index in [1.54, 1.807) is 6.26 Å². The lowest BCUT2D eigenvalue weighted by molar-refractivity contribution is 0.129. The second kappa shape index (κ2) is 8.68. The molecular formula is C22H35N3O2. The standard InChI is InChI=1S/C22H35N3O2/c1-2-26-13-10-22(8-9-22)16-24-21(23-11-7-19-4-3-12-27-19)25-20-15-17-5-6-18(20)14-17/h3-4,12,17-18,20H,2,5-11,13-16H2,1H3,(H2,23,24,25). The second-order valence-electron chi connectivity index (χ2n) is 8.79. The molecule has 4 rings (SSSR count). The van der Waals surface area contributed by atoms with Gasteiger partial charge in [-0.1, -0.05) is 6.42 Å². The summed E-state index contributed by atoms with van der Waals surface area (Å²) in [6, 6.07) is 4.60. The normalized spacial score (nSPS) is 28.5. The van der Waals surface area contributed by atoms with E-state index in [2.05, 4.69) is 17.6 Å². The summed E-state index contributed by atoms with van der Waals surface area (Å²) in [4.78, 5) is 5.01. The van der Waals surface area contributed by atoms with Crippen molar-refractivity contribution in [2.24, 2.45) is 22.2 Å². The van der Waals surface area contributed by atoms with Crippen molar-refractivity contribution in [1.82, 2.24) is 10.6 Å². The number of hydrogen-bond acceptors (Lipinski definition) is 3. The van der Waals surface area contributed by atoms with Crippen LogP contribution >= 0.6 is 0 Å². The molecule has 150 valence electrons. The molecule has 3 aliphatic carbocycles. The van der Waals surface area contributed by atoms with E-state index in [9.17, 15) is 0 Å². The van der Waals surface area contributed by atoms with E-state index in [1.807, 2.05) is 12.1 Å². The molecule has 2 N–H and O–H groups in total. The third-order valence-corrected chi connectivity index (χ3v) is 6.81. The lowest BCUT2D eigenvalue weighted by Gasteiger charge is -2.25. The Bertz CT molecular complexity index is 609. The van der Waals surface area contributed by atoms with E-state index in [0.29, 0.717) is 11.5 Å². The predicted molar refractivity (Wildman–Crippen MR) is 108 cm³/mol. The van der Waals surface area contributed by atoms with Gasteiger partial charge in [-0.25, -0.2) is 0 Å². The molecule has 3 fully saturated rings. The first-order valence-corrected chi connectivity index (χ1v) is 10.9. The molecule has 0 aliphatic heterocycles. The molecule has 1 aromatic heterocycles. The first-order valence-electron chi connectivity index (χ1n) is 10.9. The molecule has 1 heterocycles. The van der Waals surface area contributed by atoms with Crippen LogP contribution in [0.2, 0.25) is 0 Å². The van der Waals surface area contributed by atoms with E-state index < -0.39 is 0 Å². The number of guanidine groups is 1. The van der Waals surface area contributed by atoms with Crippen LogP contribution in [0.4, 0.5) is 0 Å². The zero-order valence-electron chi connectivity index (χ0n) is 16.7. The summed E-state index contributed by atoms with van der Waals surface area (Å²) in [7, 11) is 0. The van der Waals surface area contributed by atoms with Crippen molar-refractivity contribution in [1.29, 1.82) is 0 Å². The zero-order valence-corrected chi connectivity index (χ0v) is 16.7. The molecule has 0 aromatic carbocycles. The Morgan fingerprint density at radius 2 is 2.26 bits per heavy atom. The minimum atomic E-state index is 0.388. The van der Waals surface area contributed by atoms with Gasteiger partial charge in [0, 0.05) is 38.8 Å². The summed E-state index contributed by atoms with van der Waals surface area (Å²) in [6.45, 7) is 5.51. The summed E-state index contributed by atoms with van der Waals surface area (Å²) in [5, 5.41) is 7.33. The number of furan rings is 1. The number of aliphatic imine (C=N–C) groups is 1. The largest absolute Gasteiger partial charge is 0.469 e. The van der Waals surface area contributed by atoms with Crippen molar-refractivity contribution in [2.45, 2.75) is 64.3 Å². The Kier molecular flexibility index (Phi) is 6.06. The minimum Gasteiger partial charge on any atom is -0.469 e. The molecule has 2 bridgehead atoms. The van der Waals surface area contributed by atoms with Gasteiger partial charge in [0.05, 0.1) is 6.26 Å². The Labute approximate surface area is 163 Å². The average Bonchev–Trinajstić information content (AvgIpc) is 3.07. The van der Waals surface area contributed by atoms with Crippen LogP contribution in [0.1, 0.15) is 57.6 Å². The summed E-state index contributed by atoms with van der Waals surface area (Å²) in [6.07, 6.45) is 11.9. The van der Waals surface area contributed by atoms with Crippen LogP contribution in [0, 0.1) is 17.3 Å². The molecule has 0 radical (unpaired) electrons. The molecule has 3 aliphatic rings. The smallest absolute Gasteiger partial charge is 0.191 e. The fraction of sp³-hybridized carbons (Fsp3) is 0.773. The van der Waals surface area contributed by atoms with Crippen LogP contribution in [-0.2, 0) is 11.2 Å². The molecule has 0 amide bonds. The summed E-state index contributed by atoms with van der Waals surface area (Å²) < 4.78 is 11.0. The van der Waals surface area contributed by atoms with Crippen molar-refractivity contribution in [3.63, 3.8) is 0 Å². The highest BCUT2D eigenvalue weighted by molar-refractivity contribution is 5.80. The van der Waals surface area contributed by atoms with E-state index in [4.69, 9.17) is 14.1 Å². The van der Waals surface area contributed by atoms with E-state index >= 15 is 0 Å². The summed E-state index contributed by atoms with van der Waals surface area (Å²) in [5.41, 5.74) is 0.388. The molecule has 5 nitrogen and oxygen atoms in total. The Balaban J connectivity index is 1.31. The molecule has 3 atom stereocenters. The van der Waals surface area contributed by atoms with Gasteiger partial charge < -0.3 is 19.8 Å². The SMILES string of the molecule is CCOCCC1(CN=C(NCCc2ccco2)NC2CC3CCC2C3)CC1. The monoisotopic (exact) mass is 373 g/mol. The van der Waals surface area contributed by atoms with Crippen LogP contribution < -0.4 is 10.6 Å². The van der Waals surface area contributed by atoms with Gasteiger partial charge in [-0.2, -0.15) is 0 Å². The highest BCUT2D eigenvalue weighted by Crippen LogP contribution is 2.49. The van der Waals surface area contributed by atoms with Crippen LogP contribution in [-0.4, -0.2) is 38.3 Å². The maximum absolute atomic E-state index is 5.57. The van der Waals surface area contributed by atoms with E-state index in [0.717, 1.165) is 62.7 Å². The van der Waals surface area contributed by atoms with Gasteiger partial charge in [0.2, 0.25) is 0 Å². The Hall–Kier alpha value is -1.49.